The van der Waals surface area contributed by atoms with Crippen LogP contribution in [-0.2, 0) is 17.8 Å². The number of thiophene rings is 1. The average Bonchev–Trinajstić information content (AvgIpc) is 2.98. The first-order valence-corrected chi connectivity index (χ1v) is 9.29. The first-order valence-electron chi connectivity index (χ1n) is 8.47. The summed E-state index contributed by atoms with van der Waals surface area (Å²) in [5.41, 5.74) is 1.16. The van der Waals surface area contributed by atoms with E-state index in [0.29, 0.717) is 6.54 Å². The van der Waals surface area contributed by atoms with Gasteiger partial charge in [0.1, 0.15) is 0 Å². The maximum Gasteiger partial charge on any atom is 0.264 e. The molecule has 126 valence electrons. The number of hydrogen-bond donors (Lipinski definition) is 0. The maximum atomic E-state index is 12.7. The summed E-state index contributed by atoms with van der Waals surface area (Å²) in [7, 11) is 0. The molecule has 0 bridgehead atoms. The molecule has 0 aliphatic carbocycles. The highest BCUT2D eigenvalue weighted by Crippen LogP contribution is 2.29. The summed E-state index contributed by atoms with van der Waals surface area (Å²) >= 11 is 1.62. The fourth-order valence-electron chi connectivity index (χ4n) is 3.35. The summed E-state index contributed by atoms with van der Waals surface area (Å²) in [6, 6.07) is 2.01. The smallest absolute Gasteiger partial charge is 0.264 e. The van der Waals surface area contributed by atoms with Gasteiger partial charge in [-0.05, 0) is 31.0 Å². The van der Waals surface area contributed by atoms with Gasteiger partial charge in [-0.25, -0.2) is 0 Å². The molecule has 1 aromatic heterocycles. The van der Waals surface area contributed by atoms with Gasteiger partial charge < -0.3 is 9.80 Å². The third kappa shape index (κ3) is 3.58. The zero-order valence-electron chi connectivity index (χ0n) is 14.0. The Labute approximate surface area is 141 Å². The van der Waals surface area contributed by atoms with E-state index >= 15 is 0 Å². The van der Waals surface area contributed by atoms with Gasteiger partial charge in [0, 0.05) is 51.1 Å². The molecule has 0 atom stereocenters. The SMILES string of the molecule is CCCN1CCN(C(=O)c2cc3c(s2)CCN(C(C)=O)C3)CC1. The highest BCUT2D eigenvalue weighted by molar-refractivity contribution is 7.14. The van der Waals surface area contributed by atoms with E-state index < -0.39 is 0 Å². The van der Waals surface area contributed by atoms with Gasteiger partial charge in [0.05, 0.1) is 4.88 Å². The summed E-state index contributed by atoms with van der Waals surface area (Å²) in [6.07, 6.45) is 2.04. The largest absolute Gasteiger partial charge is 0.338 e. The molecule has 0 spiro atoms. The Bertz CT molecular complexity index is 591. The zero-order valence-corrected chi connectivity index (χ0v) is 14.8. The van der Waals surface area contributed by atoms with E-state index in [1.807, 2.05) is 15.9 Å². The minimum Gasteiger partial charge on any atom is -0.338 e. The number of nitrogens with zero attached hydrogens (tertiary/aromatic N) is 3. The van der Waals surface area contributed by atoms with Crippen LogP contribution in [0.1, 0.15) is 40.4 Å². The lowest BCUT2D eigenvalue weighted by Crippen LogP contribution is -2.48. The van der Waals surface area contributed by atoms with Gasteiger partial charge in [-0.3, -0.25) is 14.5 Å². The molecule has 2 aliphatic heterocycles. The van der Waals surface area contributed by atoms with Gasteiger partial charge in [-0.15, -0.1) is 11.3 Å². The quantitative estimate of drug-likeness (QED) is 0.846. The molecule has 6 heteroatoms. The lowest BCUT2D eigenvalue weighted by atomic mass is 10.1. The van der Waals surface area contributed by atoms with Crippen molar-refractivity contribution in [1.29, 1.82) is 0 Å². The molecule has 0 radical (unpaired) electrons. The van der Waals surface area contributed by atoms with Crippen molar-refractivity contribution in [3.63, 3.8) is 0 Å². The first kappa shape index (κ1) is 16.5. The van der Waals surface area contributed by atoms with Crippen molar-refractivity contribution >= 4 is 23.2 Å². The van der Waals surface area contributed by atoms with E-state index in [1.165, 1.54) is 4.88 Å². The monoisotopic (exact) mass is 335 g/mol. The molecular formula is C17H25N3O2S. The molecule has 2 amide bonds. The summed E-state index contributed by atoms with van der Waals surface area (Å²) in [5.74, 6) is 0.275. The Morgan fingerprint density at radius 1 is 1.13 bits per heavy atom. The van der Waals surface area contributed by atoms with Crippen LogP contribution in [0.15, 0.2) is 6.07 Å². The predicted octanol–water partition coefficient (Wildman–Crippen LogP) is 1.82. The van der Waals surface area contributed by atoms with E-state index in [4.69, 9.17) is 0 Å². The fraction of sp³-hybridized carbons (Fsp3) is 0.647. The molecule has 3 heterocycles. The van der Waals surface area contributed by atoms with Crippen molar-refractivity contribution in [3.8, 4) is 0 Å². The van der Waals surface area contributed by atoms with Gasteiger partial charge in [0.2, 0.25) is 5.91 Å². The van der Waals surface area contributed by atoms with Gasteiger partial charge in [0.15, 0.2) is 0 Å². The fourth-order valence-corrected chi connectivity index (χ4v) is 4.48. The molecule has 1 aromatic rings. The Hall–Kier alpha value is -1.40. The molecule has 5 nitrogen and oxygen atoms in total. The summed E-state index contributed by atoms with van der Waals surface area (Å²) in [4.78, 5) is 32.6. The average molecular weight is 335 g/mol. The third-order valence-electron chi connectivity index (χ3n) is 4.72. The zero-order chi connectivity index (χ0) is 16.4. The van der Waals surface area contributed by atoms with Crippen LogP contribution >= 0.6 is 11.3 Å². The van der Waals surface area contributed by atoms with E-state index in [-0.39, 0.29) is 11.8 Å². The van der Waals surface area contributed by atoms with Gasteiger partial charge in [0.25, 0.3) is 5.91 Å². The minimum atomic E-state index is 0.113. The van der Waals surface area contributed by atoms with Crippen LogP contribution in [0.25, 0.3) is 0 Å². The molecule has 2 aliphatic rings. The van der Waals surface area contributed by atoms with Crippen molar-refractivity contribution in [2.75, 3.05) is 39.3 Å². The van der Waals surface area contributed by atoms with E-state index in [0.717, 1.165) is 62.6 Å². The van der Waals surface area contributed by atoms with Crippen molar-refractivity contribution < 1.29 is 9.59 Å². The Balaban J connectivity index is 1.64. The predicted molar refractivity (Wildman–Crippen MR) is 91.7 cm³/mol. The van der Waals surface area contributed by atoms with Crippen LogP contribution in [0.3, 0.4) is 0 Å². The number of carbonyl (C=O) groups excluding carboxylic acids is 2. The van der Waals surface area contributed by atoms with Crippen LogP contribution in [-0.4, -0.2) is 65.8 Å². The topological polar surface area (TPSA) is 43.9 Å². The molecule has 1 fully saturated rings. The number of rotatable bonds is 3. The molecule has 0 aromatic carbocycles. The van der Waals surface area contributed by atoms with E-state index in [2.05, 4.69) is 11.8 Å². The Morgan fingerprint density at radius 3 is 2.52 bits per heavy atom. The second-order valence-corrected chi connectivity index (χ2v) is 7.52. The molecule has 0 N–H and O–H groups in total. The molecule has 3 rings (SSSR count). The molecule has 1 saturated heterocycles. The number of hydrogen-bond acceptors (Lipinski definition) is 4. The molecule has 0 unspecified atom stereocenters. The highest BCUT2D eigenvalue weighted by atomic mass is 32.1. The number of carbonyl (C=O) groups is 2. The molecule has 23 heavy (non-hydrogen) atoms. The minimum absolute atomic E-state index is 0.113. The first-order chi connectivity index (χ1) is 11.1. The van der Waals surface area contributed by atoms with Crippen molar-refractivity contribution in [2.45, 2.75) is 33.2 Å². The van der Waals surface area contributed by atoms with Gasteiger partial charge in [-0.2, -0.15) is 0 Å². The highest BCUT2D eigenvalue weighted by Gasteiger charge is 2.26. The number of fused-ring (bicyclic) bond motifs is 1. The molecular weight excluding hydrogens is 310 g/mol. The van der Waals surface area contributed by atoms with Gasteiger partial charge in [-0.1, -0.05) is 6.92 Å². The normalized spacial score (nSPS) is 18.9. The summed E-state index contributed by atoms with van der Waals surface area (Å²) in [6.45, 7) is 9.94. The number of amides is 2. The van der Waals surface area contributed by atoms with Crippen LogP contribution in [0.5, 0.6) is 0 Å². The Kier molecular flexibility index (Phi) is 5.02. The summed E-state index contributed by atoms with van der Waals surface area (Å²) < 4.78 is 0. The second-order valence-electron chi connectivity index (χ2n) is 6.38. The standard InChI is InChI=1S/C17H25N3O2S/c1-3-5-18-7-9-19(10-8-18)17(22)16-11-14-12-20(13(2)21)6-4-15(14)23-16/h11H,3-10,12H2,1-2H3. The lowest BCUT2D eigenvalue weighted by molar-refractivity contribution is -0.129. The van der Waals surface area contributed by atoms with Crippen LogP contribution in [0.2, 0.25) is 0 Å². The van der Waals surface area contributed by atoms with Crippen LogP contribution in [0.4, 0.5) is 0 Å². The van der Waals surface area contributed by atoms with Crippen molar-refractivity contribution in [3.05, 3.63) is 21.4 Å². The van der Waals surface area contributed by atoms with Crippen LogP contribution < -0.4 is 0 Å². The summed E-state index contributed by atoms with van der Waals surface area (Å²) in [5, 5.41) is 0. The Morgan fingerprint density at radius 2 is 1.87 bits per heavy atom. The van der Waals surface area contributed by atoms with Crippen molar-refractivity contribution in [1.82, 2.24) is 14.7 Å². The van der Waals surface area contributed by atoms with E-state index in [9.17, 15) is 9.59 Å². The number of piperazine rings is 1. The van der Waals surface area contributed by atoms with Crippen LogP contribution in [0, 0.1) is 0 Å². The maximum absolute atomic E-state index is 12.7. The second kappa shape index (κ2) is 7.01. The molecule has 0 saturated carbocycles. The third-order valence-corrected chi connectivity index (χ3v) is 5.95. The lowest BCUT2D eigenvalue weighted by Gasteiger charge is -2.34. The van der Waals surface area contributed by atoms with Crippen molar-refractivity contribution in [2.24, 2.45) is 0 Å². The van der Waals surface area contributed by atoms with Gasteiger partial charge >= 0.3 is 0 Å². The van der Waals surface area contributed by atoms with E-state index in [1.54, 1.807) is 18.3 Å².